The van der Waals surface area contributed by atoms with Gasteiger partial charge in [0, 0.05) is 5.56 Å². The summed E-state index contributed by atoms with van der Waals surface area (Å²) in [5.74, 6) is 0. The summed E-state index contributed by atoms with van der Waals surface area (Å²) in [4.78, 5) is 34.4. The fraction of sp³-hybridized carbons (Fsp3) is 0.519. The smallest absolute Gasteiger partial charge is 0.189 e. The summed E-state index contributed by atoms with van der Waals surface area (Å²) in [5, 5.41) is 4.97. The molecule has 0 saturated heterocycles. The molecular formula is C54H76O3P+. The summed E-state index contributed by atoms with van der Waals surface area (Å²) in [7, 11) is -4.52. The van der Waals surface area contributed by atoms with Crippen LogP contribution in [-0.2, 0) is 37.9 Å². The van der Waals surface area contributed by atoms with Crippen molar-refractivity contribution in [3.05, 3.63) is 99.6 Å². The summed E-state index contributed by atoms with van der Waals surface area (Å²) < 4.78 is 0. The van der Waals surface area contributed by atoms with Crippen LogP contribution in [0.1, 0.15) is 184 Å². The highest BCUT2D eigenvalue weighted by molar-refractivity contribution is 7.67. The molecule has 0 atom stereocenters. The van der Waals surface area contributed by atoms with Gasteiger partial charge >= 0.3 is 7.94 Å². The normalized spacial score (nSPS) is 14.2. The second-order valence-corrected chi connectivity index (χ2v) is 26.1. The number of fused-ring (bicyclic) bond motifs is 2. The quantitative estimate of drug-likeness (QED) is 0.159. The minimum Gasteiger partial charge on any atom is -0.189 e. The van der Waals surface area contributed by atoms with Crippen LogP contribution < -0.4 is 5.30 Å². The molecule has 5 rings (SSSR count). The fourth-order valence-electron chi connectivity index (χ4n) is 8.72. The van der Waals surface area contributed by atoms with Crippen LogP contribution in [0.4, 0.5) is 0 Å². The second-order valence-electron chi connectivity index (χ2n) is 24.5. The molecule has 0 aliphatic heterocycles. The van der Waals surface area contributed by atoms with Gasteiger partial charge in [-0.3, -0.25) is 0 Å². The SMILES string of the molecule is CC(C)(C)c1cc(C(C)(C)C)c2cc(-c3ccc([P+](O)(O)O)c(-c4cc5c(C(C)(C)C)cc(C(C)(C)C)cc5cc4C(C)(C)C)c3C(C)(C)C)c(C(C)(C)C)cc2c1. The number of rotatable bonds is 3. The molecule has 0 radical (unpaired) electrons. The van der Waals surface area contributed by atoms with E-state index >= 15 is 0 Å². The zero-order chi connectivity index (χ0) is 44.3. The minimum absolute atomic E-state index is 0.0147. The van der Waals surface area contributed by atoms with E-state index in [1.54, 1.807) is 6.07 Å². The van der Waals surface area contributed by atoms with Gasteiger partial charge in [-0.25, -0.2) is 0 Å². The third-order valence-electron chi connectivity index (χ3n) is 12.0. The van der Waals surface area contributed by atoms with Gasteiger partial charge in [-0.1, -0.05) is 170 Å². The van der Waals surface area contributed by atoms with Crippen LogP contribution >= 0.6 is 7.94 Å². The molecule has 5 aromatic carbocycles. The first-order valence-corrected chi connectivity index (χ1v) is 23.0. The predicted octanol–water partition coefficient (Wildman–Crippen LogP) is 14.8. The predicted molar refractivity (Wildman–Crippen MR) is 256 cm³/mol. The lowest BCUT2D eigenvalue weighted by Crippen LogP contribution is -2.25. The van der Waals surface area contributed by atoms with Crippen molar-refractivity contribution in [2.24, 2.45) is 0 Å². The van der Waals surface area contributed by atoms with E-state index in [1.165, 1.54) is 44.0 Å². The lowest BCUT2D eigenvalue weighted by atomic mass is 9.70. The van der Waals surface area contributed by atoms with Crippen LogP contribution in [0, 0.1) is 0 Å². The molecule has 0 heterocycles. The van der Waals surface area contributed by atoms with Crippen LogP contribution in [0.2, 0.25) is 0 Å². The van der Waals surface area contributed by atoms with E-state index < -0.39 is 13.4 Å². The van der Waals surface area contributed by atoms with Gasteiger partial charge in [0.05, 0.1) is 0 Å². The van der Waals surface area contributed by atoms with Gasteiger partial charge in [0.15, 0.2) is 5.30 Å². The molecule has 3 N–H and O–H groups in total. The standard InChI is InChI=1S/C54H76O3P/c1-48(2,3)34-24-32-26-41(50(7,8)9)39(30-37(32)43(28-34)52(13,14)15)36-22-23-45(58(55,56)57)46(47(36)54(19,20)21)40-31-38-33(27-42(40)51(10,11)12)25-35(49(4,5)6)29-44(38)53(16,17)18/h22-31,55-57H,1-21H3/q+1. The molecular weight excluding hydrogens is 728 g/mol. The average Bonchev–Trinajstić information content (AvgIpc) is 3.01. The van der Waals surface area contributed by atoms with Crippen LogP contribution in [0.5, 0.6) is 0 Å². The largest absolute Gasteiger partial charge is 0.441 e. The summed E-state index contributed by atoms with van der Waals surface area (Å²) in [5.41, 5.74) is 11.0. The molecule has 0 bridgehead atoms. The Morgan fingerprint density at radius 1 is 0.345 bits per heavy atom. The maximum Gasteiger partial charge on any atom is 0.441 e. The maximum atomic E-state index is 11.5. The molecule has 0 aromatic heterocycles. The highest BCUT2D eigenvalue weighted by Crippen LogP contribution is 2.54. The molecule has 5 aromatic rings. The van der Waals surface area contributed by atoms with Gasteiger partial charge < -0.3 is 0 Å². The Labute approximate surface area is 353 Å². The number of hydrogen-bond acceptors (Lipinski definition) is 3. The molecule has 58 heavy (non-hydrogen) atoms. The van der Waals surface area contributed by atoms with E-state index in [-0.39, 0.29) is 37.8 Å². The molecule has 0 fully saturated rings. The molecule has 0 amide bonds. The van der Waals surface area contributed by atoms with Crippen molar-refractivity contribution in [1.82, 2.24) is 0 Å². The first-order valence-electron chi connectivity index (χ1n) is 21.4. The topological polar surface area (TPSA) is 60.7 Å². The molecule has 0 aliphatic rings. The summed E-state index contributed by atoms with van der Waals surface area (Å²) in [6.45, 7) is 47.6. The van der Waals surface area contributed by atoms with Crippen LogP contribution in [0.25, 0.3) is 43.8 Å². The van der Waals surface area contributed by atoms with Crippen molar-refractivity contribution in [2.45, 2.75) is 183 Å². The number of hydrogen-bond donors (Lipinski definition) is 3. The summed E-state index contributed by atoms with van der Waals surface area (Å²) in [6, 6.07) is 22.8. The van der Waals surface area contributed by atoms with Crippen molar-refractivity contribution in [2.75, 3.05) is 0 Å². The number of benzene rings is 5. The molecule has 0 spiro atoms. The lowest BCUT2D eigenvalue weighted by Gasteiger charge is -2.34. The molecule has 4 heteroatoms. The average molecular weight is 804 g/mol. The van der Waals surface area contributed by atoms with Crippen molar-refractivity contribution in [3.8, 4) is 22.3 Å². The van der Waals surface area contributed by atoms with E-state index in [9.17, 15) is 14.7 Å². The second kappa shape index (κ2) is 14.3. The lowest BCUT2D eigenvalue weighted by molar-refractivity contribution is 0.347. The van der Waals surface area contributed by atoms with Gasteiger partial charge in [-0.2, -0.15) is 14.7 Å². The van der Waals surface area contributed by atoms with E-state index in [0.29, 0.717) is 0 Å². The Balaban J connectivity index is 2.10. The van der Waals surface area contributed by atoms with Crippen molar-refractivity contribution in [1.29, 1.82) is 0 Å². The third-order valence-corrected chi connectivity index (χ3v) is 13.0. The van der Waals surface area contributed by atoms with Crippen LogP contribution in [0.15, 0.2) is 60.7 Å². The van der Waals surface area contributed by atoms with Gasteiger partial charge in [0.25, 0.3) is 0 Å². The summed E-state index contributed by atoms with van der Waals surface area (Å²) in [6.07, 6.45) is 0. The first kappa shape index (κ1) is 46.0. The van der Waals surface area contributed by atoms with E-state index in [1.807, 2.05) is 6.07 Å². The van der Waals surface area contributed by atoms with E-state index in [2.05, 4.69) is 194 Å². The van der Waals surface area contributed by atoms with E-state index in [4.69, 9.17) is 0 Å². The Hall–Kier alpha value is -3.07. The molecule has 0 aliphatic carbocycles. The Morgan fingerprint density at radius 2 is 0.707 bits per heavy atom. The molecule has 0 saturated carbocycles. The highest BCUT2D eigenvalue weighted by atomic mass is 31.2. The Bertz CT molecular complexity index is 2390. The van der Waals surface area contributed by atoms with Gasteiger partial charge in [-0.05, 0) is 151 Å². The molecule has 314 valence electrons. The van der Waals surface area contributed by atoms with Gasteiger partial charge in [-0.15, -0.1) is 0 Å². The molecule has 0 unspecified atom stereocenters. The van der Waals surface area contributed by atoms with Gasteiger partial charge in [0.1, 0.15) is 0 Å². The maximum absolute atomic E-state index is 11.5. The molecule has 3 nitrogen and oxygen atoms in total. The minimum atomic E-state index is -4.52. The van der Waals surface area contributed by atoms with Crippen molar-refractivity contribution < 1.29 is 14.7 Å². The van der Waals surface area contributed by atoms with Crippen LogP contribution in [-0.4, -0.2) is 14.7 Å². The zero-order valence-corrected chi connectivity index (χ0v) is 41.0. The van der Waals surface area contributed by atoms with Crippen molar-refractivity contribution >= 4 is 34.8 Å². The zero-order valence-electron chi connectivity index (χ0n) is 40.1. The van der Waals surface area contributed by atoms with Crippen molar-refractivity contribution in [3.63, 3.8) is 0 Å². The van der Waals surface area contributed by atoms with Crippen LogP contribution in [0.3, 0.4) is 0 Å². The third kappa shape index (κ3) is 9.00. The van der Waals surface area contributed by atoms with Gasteiger partial charge in [0.2, 0.25) is 0 Å². The first-order chi connectivity index (χ1) is 25.8. The Kier molecular flexibility index (Phi) is 11.3. The monoisotopic (exact) mass is 804 g/mol. The Morgan fingerprint density at radius 3 is 1.03 bits per heavy atom. The highest BCUT2D eigenvalue weighted by Gasteiger charge is 2.43. The fourth-order valence-corrected chi connectivity index (χ4v) is 9.53. The summed E-state index contributed by atoms with van der Waals surface area (Å²) >= 11 is 0. The van der Waals surface area contributed by atoms with E-state index in [0.717, 1.165) is 38.8 Å².